The number of hydrogen-bond donors (Lipinski definition) is 3. The molecule has 4 N–H and O–H groups in total. The monoisotopic (exact) mass is 662 g/mol. The van der Waals surface area contributed by atoms with Crippen molar-refractivity contribution in [1.29, 1.82) is 0 Å². The summed E-state index contributed by atoms with van der Waals surface area (Å²) in [6.07, 6.45) is 1.77. The van der Waals surface area contributed by atoms with Crippen molar-refractivity contribution in [2.45, 2.75) is 24.2 Å². The second kappa shape index (κ2) is 10.7. The average Bonchev–Trinajstić information content (AvgIpc) is 3.41. The molecule has 46 heavy (non-hydrogen) atoms. The fraction of sp³-hybridized carbons (Fsp3) is 0.242. The van der Waals surface area contributed by atoms with Gasteiger partial charge in [-0.15, -0.1) is 0 Å². The number of aromatic hydroxyl groups is 1. The lowest BCUT2D eigenvalue weighted by Crippen LogP contribution is -2.53. The van der Waals surface area contributed by atoms with Crippen LogP contribution in [0.15, 0.2) is 78.4 Å². The van der Waals surface area contributed by atoms with Crippen LogP contribution in [0.1, 0.15) is 29.9 Å². The fourth-order valence-corrected chi connectivity index (χ4v) is 8.28. The third-order valence-corrected chi connectivity index (χ3v) is 10.3. The molecule has 6 amide bonds. The number of phenolic OH excluding ortho intramolecular Hbond substituents is 1. The largest absolute Gasteiger partial charge is 0.508 e. The summed E-state index contributed by atoms with van der Waals surface area (Å²) in [5.41, 5.74) is 8.03. The number of allylic oxidation sites excluding steroid dienone is 2. The second-order valence-electron chi connectivity index (χ2n) is 11.9. The van der Waals surface area contributed by atoms with Crippen LogP contribution in [0.4, 0.5) is 14.9 Å². The van der Waals surface area contributed by atoms with Crippen molar-refractivity contribution >= 4 is 58.5 Å². The molecule has 2 saturated heterocycles. The van der Waals surface area contributed by atoms with E-state index in [2.05, 4.69) is 5.43 Å². The predicted molar refractivity (Wildman–Crippen MR) is 164 cm³/mol. The molecule has 2 aliphatic carbocycles. The minimum Gasteiger partial charge on any atom is -0.508 e. The van der Waals surface area contributed by atoms with E-state index in [0.717, 1.165) is 5.01 Å². The van der Waals surface area contributed by atoms with Gasteiger partial charge >= 0.3 is 6.03 Å². The zero-order valence-corrected chi connectivity index (χ0v) is 25.3. The Balaban J connectivity index is 1.48. The molecule has 0 unspecified atom stereocenters. The van der Waals surface area contributed by atoms with Crippen molar-refractivity contribution < 1.29 is 33.5 Å². The first kappa shape index (κ1) is 29.9. The molecule has 2 aliphatic heterocycles. The Hall–Kier alpha value is -4.74. The topological polar surface area (TPSA) is 150 Å². The van der Waals surface area contributed by atoms with Crippen LogP contribution >= 0.6 is 23.2 Å². The highest BCUT2D eigenvalue weighted by atomic mass is 35.5. The number of hydrazine groups is 1. The van der Waals surface area contributed by atoms with Gasteiger partial charge in [-0.05, 0) is 78.9 Å². The van der Waals surface area contributed by atoms with Crippen molar-refractivity contribution in [3.63, 3.8) is 0 Å². The number of carbonyl (C=O) groups excluding carboxylic acids is 5. The van der Waals surface area contributed by atoms with Crippen molar-refractivity contribution in [2.75, 3.05) is 5.43 Å². The molecular weight excluding hydrogens is 638 g/mol. The molecule has 3 fully saturated rings. The van der Waals surface area contributed by atoms with E-state index in [1.807, 2.05) is 0 Å². The Morgan fingerprint density at radius 1 is 0.913 bits per heavy atom. The van der Waals surface area contributed by atoms with E-state index < -0.39 is 70.5 Å². The minimum absolute atomic E-state index is 0.0504. The van der Waals surface area contributed by atoms with E-state index in [4.69, 9.17) is 28.9 Å². The number of urea groups is 1. The fourth-order valence-electron chi connectivity index (χ4n) is 7.97. The van der Waals surface area contributed by atoms with Crippen LogP contribution in [0.25, 0.3) is 0 Å². The van der Waals surface area contributed by atoms with Gasteiger partial charge in [0, 0.05) is 21.5 Å². The van der Waals surface area contributed by atoms with Crippen LogP contribution in [0.5, 0.6) is 5.75 Å². The number of carbonyl (C=O) groups is 5. The molecule has 234 valence electrons. The summed E-state index contributed by atoms with van der Waals surface area (Å²) < 4.78 is 13.7. The molecule has 6 atom stereocenters. The van der Waals surface area contributed by atoms with E-state index in [1.165, 1.54) is 42.5 Å². The van der Waals surface area contributed by atoms with Crippen LogP contribution < -0.4 is 11.2 Å². The number of primary amides is 1. The van der Waals surface area contributed by atoms with E-state index in [0.29, 0.717) is 21.1 Å². The lowest BCUT2D eigenvalue weighted by Gasteiger charge is -2.50. The van der Waals surface area contributed by atoms with Crippen LogP contribution in [0, 0.1) is 29.5 Å². The molecule has 0 radical (unpaired) electrons. The molecule has 2 heterocycles. The average molecular weight is 663 g/mol. The molecule has 3 aromatic rings. The maximum absolute atomic E-state index is 15.0. The maximum Gasteiger partial charge on any atom is 0.328 e. The molecule has 3 aromatic carbocycles. The van der Waals surface area contributed by atoms with Gasteiger partial charge in [-0.2, -0.15) is 9.91 Å². The quantitative estimate of drug-likeness (QED) is 0.266. The number of rotatable bonds is 4. The highest BCUT2D eigenvalue weighted by Crippen LogP contribution is 2.65. The number of hydrogen-bond acceptors (Lipinski definition) is 7. The van der Waals surface area contributed by atoms with Crippen molar-refractivity contribution in [3.8, 4) is 5.75 Å². The third kappa shape index (κ3) is 4.18. The van der Waals surface area contributed by atoms with Crippen molar-refractivity contribution in [2.24, 2.45) is 29.4 Å². The van der Waals surface area contributed by atoms with Crippen molar-refractivity contribution in [1.82, 2.24) is 9.91 Å². The van der Waals surface area contributed by atoms with E-state index in [-0.39, 0.29) is 34.9 Å². The van der Waals surface area contributed by atoms with Crippen LogP contribution in [0.2, 0.25) is 10.0 Å². The zero-order chi connectivity index (χ0) is 32.7. The first-order chi connectivity index (χ1) is 21.9. The summed E-state index contributed by atoms with van der Waals surface area (Å²) >= 11 is 12.7. The van der Waals surface area contributed by atoms with E-state index in [9.17, 15) is 33.5 Å². The Morgan fingerprint density at radius 2 is 1.59 bits per heavy atom. The number of benzene rings is 3. The Bertz CT molecular complexity index is 1880. The van der Waals surface area contributed by atoms with Gasteiger partial charge in [-0.1, -0.05) is 47.0 Å². The molecule has 10 nitrogen and oxygen atoms in total. The molecule has 1 saturated carbocycles. The standard InChI is InChI=1S/C33H25Cl2FN4O6/c34-16-3-1-15(2-4-16)33-24(29(43)40(31(33)45)38-19-8-6-18(36)7-9-19)14-22-20(27(33)23-13-17(35)5-12-25(23)41)10-11-21-26(22)30(44)39(28(21)42)32(37)46/h1-10,12-13,21-22,24,26-27,38,41H,11,14H2,(H2,37,46)/t21-,22+,24-,26-,27+,33+/m0/s1. The molecule has 0 spiro atoms. The first-order valence-corrected chi connectivity index (χ1v) is 15.2. The Morgan fingerprint density at radius 3 is 2.26 bits per heavy atom. The summed E-state index contributed by atoms with van der Waals surface area (Å²) in [6.45, 7) is 0. The second-order valence-corrected chi connectivity index (χ2v) is 12.8. The number of anilines is 1. The lowest BCUT2D eigenvalue weighted by atomic mass is 9.49. The van der Waals surface area contributed by atoms with Gasteiger partial charge in [0.2, 0.25) is 11.8 Å². The highest BCUT2D eigenvalue weighted by Gasteiger charge is 2.70. The molecule has 0 aromatic heterocycles. The molecule has 7 rings (SSSR count). The van der Waals surface area contributed by atoms with Crippen LogP contribution in [-0.4, -0.2) is 44.7 Å². The third-order valence-electron chi connectivity index (χ3n) is 9.78. The maximum atomic E-state index is 15.0. The van der Waals surface area contributed by atoms with Crippen LogP contribution in [0.3, 0.4) is 0 Å². The SMILES string of the molecule is NC(=O)N1C(=O)[C@H]2[C@H](CC=C3[C@H]2C[C@H]2C(=O)N(Nc4ccc(F)cc4)C(=O)[C@@]2(c2ccc(Cl)cc2)[C@H]3c2cc(Cl)ccc2O)C1=O. The summed E-state index contributed by atoms with van der Waals surface area (Å²) in [6, 6.07) is 14.7. The van der Waals surface area contributed by atoms with Gasteiger partial charge < -0.3 is 10.8 Å². The molecule has 0 bridgehead atoms. The molecule has 4 aliphatic rings. The number of nitrogens with one attached hydrogen (secondary N) is 1. The van der Waals surface area contributed by atoms with Gasteiger partial charge in [0.1, 0.15) is 11.6 Å². The zero-order valence-electron chi connectivity index (χ0n) is 23.8. The number of imide groups is 4. The van der Waals surface area contributed by atoms with E-state index >= 15 is 0 Å². The number of likely N-dealkylation sites (tertiary alicyclic amines) is 1. The van der Waals surface area contributed by atoms with Crippen LogP contribution in [-0.2, 0) is 24.6 Å². The first-order valence-electron chi connectivity index (χ1n) is 14.5. The van der Waals surface area contributed by atoms with Gasteiger partial charge in [0.25, 0.3) is 11.8 Å². The number of nitrogens with two attached hydrogens (primary N) is 1. The smallest absolute Gasteiger partial charge is 0.328 e. The Kier molecular flexibility index (Phi) is 6.95. The van der Waals surface area contributed by atoms with E-state index in [1.54, 1.807) is 30.3 Å². The number of halogens is 3. The normalized spacial score (nSPS) is 28.5. The number of amides is 6. The summed E-state index contributed by atoms with van der Waals surface area (Å²) in [5.74, 6) is -8.42. The summed E-state index contributed by atoms with van der Waals surface area (Å²) in [4.78, 5) is 68.9. The summed E-state index contributed by atoms with van der Waals surface area (Å²) in [7, 11) is 0. The number of nitrogens with zero attached hydrogens (tertiary/aromatic N) is 2. The number of phenols is 1. The molecular formula is C33H25Cl2FN4O6. The molecule has 13 heteroatoms. The van der Waals surface area contributed by atoms with Gasteiger partial charge in [-0.25, -0.2) is 9.18 Å². The summed E-state index contributed by atoms with van der Waals surface area (Å²) in [5, 5.41) is 12.8. The Labute approximate surface area is 271 Å². The lowest BCUT2D eigenvalue weighted by molar-refractivity contribution is -0.139. The van der Waals surface area contributed by atoms with Gasteiger partial charge in [-0.3, -0.25) is 24.6 Å². The van der Waals surface area contributed by atoms with Gasteiger partial charge in [0.05, 0.1) is 28.9 Å². The minimum atomic E-state index is -1.69. The highest BCUT2D eigenvalue weighted by molar-refractivity contribution is 6.31. The predicted octanol–water partition coefficient (Wildman–Crippen LogP) is 4.90. The number of fused-ring (bicyclic) bond motifs is 4. The van der Waals surface area contributed by atoms with Gasteiger partial charge in [0.15, 0.2) is 0 Å². The van der Waals surface area contributed by atoms with Crippen molar-refractivity contribution in [3.05, 3.63) is 105 Å².